The lowest BCUT2D eigenvalue weighted by Crippen LogP contribution is -2.48. The van der Waals surface area contributed by atoms with Gasteiger partial charge in [-0.2, -0.15) is 0 Å². The summed E-state index contributed by atoms with van der Waals surface area (Å²) in [5.74, 6) is -4.90. The number of halogens is 3. The van der Waals surface area contributed by atoms with Crippen molar-refractivity contribution in [3.63, 3.8) is 0 Å². The van der Waals surface area contributed by atoms with Crippen LogP contribution in [0.2, 0.25) is 15.1 Å². The van der Waals surface area contributed by atoms with Crippen LogP contribution in [0.4, 0.5) is 5.69 Å². The molecule has 0 aromatic heterocycles. The summed E-state index contributed by atoms with van der Waals surface area (Å²) in [5, 5.41) is 13.1. The highest BCUT2D eigenvalue weighted by atomic mass is 35.5. The topological polar surface area (TPSA) is 119 Å². The fourth-order valence-corrected chi connectivity index (χ4v) is 3.26. The minimum atomic E-state index is -2.19. The maximum Gasteiger partial charge on any atom is 0.349 e. The van der Waals surface area contributed by atoms with Crippen LogP contribution < -0.4 is 5.32 Å². The number of anilines is 1. The molecule has 35 heavy (non-hydrogen) atoms. The van der Waals surface area contributed by atoms with Crippen molar-refractivity contribution in [1.82, 2.24) is 0 Å². The van der Waals surface area contributed by atoms with Crippen LogP contribution in [-0.4, -0.2) is 41.1 Å². The van der Waals surface area contributed by atoms with Gasteiger partial charge in [0.25, 0.3) is 5.91 Å². The Hall–Kier alpha value is -3.59. The van der Waals surface area contributed by atoms with Gasteiger partial charge in [-0.15, -0.1) is 0 Å². The number of rotatable bonds is 8. The van der Waals surface area contributed by atoms with E-state index < -0.39 is 36.0 Å². The summed E-state index contributed by atoms with van der Waals surface area (Å²) in [6.45, 7) is 0. The van der Waals surface area contributed by atoms with Crippen LogP contribution in [-0.2, 0) is 19.1 Å². The van der Waals surface area contributed by atoms with E-state index in [-0.39, 0.29) is 16.8 Å². The minimum absolute atomic E-state index is 0.0110. The Morgan fingerprint density at radius 1 is 0.686 bits per heavy atom. The van der Waals surface area contributed by atoms with Gasteiger partial charge in [-0.3, -0.25) is 4.79 Å². The second-order valence-corrected chi connectivity index (χ2v) is 8.31. The van der Waals surface area contributed by atoms with E-state index >= 15 is 0 Å². The first-order valence-corrected chi connectivity index (χ1v) is 11.0. The predicted octanol–water partition coefficient (Wildman–Crippen LogP) is 5.12. The van der Waals surface area contributed by atoms with Crippen molar-refractivity contribution in [2.24, 2.45) is 0 Å². The number of carbonyl (C=O) groups is 4. The van der Waals surface area contributed by atoms with Gasteiger partial charge in [0.15, 0.2) is 0 Å². The molecule has 0 saturated carbocycles. The smallest absolute Gasteiger partial charge is 0.349 e. The summed E-state index contributed by atoms with van der Waals surface area (Å²) < 4.78 is 10.3. The Kier molecular flexibility index (Phi) is 8.70. The van der Waals surface area contributed by atoms with E-state index in [2.05, 4.69) is 5.32 Å². The molecule has 0 bridgehead atoms. The van der Waals surface area contributed by atoms with Crippen LogP contribution in [0, 0.1) is 0 Å². The summed E-state index contributed by atoms with van der Waals surface area (Å²) >= 11 is 17.6. The van der Waals surface area contributed by atoms with Gasteiger partial charge >= 0.3 is 17.9 Å². The maximum absolute atomic E-state index is 13.0. The Morgan fingerprint density at radius 2 is 1.17 bits per heavy atom. The molecule has 2 N–H and O–H groups in total. The third-order valence-electron chi connectivity index (χ3n) is 4.50. The summed E-state index contributed by atoms with van der Waals surface area (Å²) in [6, 6.07) is 16.9. The molecule has 0 unspecified atom stereocenters. The lowest BCUT2D eigenvalue weighted by molar-refractivity contribution is -0.157. The first kappa shape index (κ1) is 26.0. The molecule has 3 aromatic rings. The molecule has 3 aromatic carbocycles. The van der Waals surface area contributed by atoms with E-state index in [1.807, 2.05) is 0 Å². The van der Waals surface area contributed by atoms with Gasteiger partial charge in [-0.25, -0.2) is 14.4 Å². The number of nitrogens with one attached hydrogen (secondary N) is 1. The van der Waals surface area contributed by atoms with Gasteiger partial charge in [0.1, 0.15) is 0 Å². The average molecular weight is 537 g/mol. The van der Waals surface area contributed by atoms with Gasteiger partial charge in [0, 0.05) is 20.8 Å². The van der Waals surface area contributed by atoms with Crippen LogP contribution >= 0.6 is 34.8 Å². The highest BCUT2D eigenvalue weighted by Gasteiger charge is 2.41. The molecule has 0 spiro atoms. The predicted molar refractivity (Wildman–Crippen MR) is 129 cm³/mol. The van der Waals surface area contributed by atoms with Gasteiger partial charge < -0.3 is 19.9 Å². The van der Waals surface area contributed by atoms with E-state index in [4.69, 9.17) is 44.3 Å². The number of carbonyl (C=O) groups excluding carboxylic acids is 3. The highest BCUT2D eigenvalue weighted by molar-refractivity contribution is 6.31. The molecule has 0 aliphatic rings. The van der Waals surface area contributed by atoms with E-state index in [1.165, 1.54) is 60.7 Å². The van der Waals surface area contributed by atoms with Crippen LogP contribution in [0.3, 0.4) is 0 Å². The highest BCUT2D eigenvalue weighted by Crippen LogP contribution is 2.19. The number of hydrogen-bond acceptors (Lipinski definition) is 6. The normalized spacial score (nSPS) is 12.2. The van der Waals surface area contributed by atoms with Gasteiger partial charge in [-0.1, -0.05) is 40.9 Å². The van der Waals surface area contributed by atoms with Crippen molar-refractivity contribution in [2.75, 3.05) is 5.32 Å². The lowest BCUT2D eigenvalue weighted by Gasteiger charge is -2.23. The number of carboxylic acid groups (broad SMARTS) is 1. The molecule has 3 rings (SSSR count). The maximum atomic E-state index is 13.0. The Balaban J connectivity index is 1.90. The van der Waals surface area contributed by atoms with Crippen LogP contribution in [0.1, 0.15) is 20.7 Å². The molecule has 8 nitrogen and oxygen atoms in total. The number of ether oxygens (including phenoxy) is 2. The molecule has 0 heterocycles. The van der Waals surface area contributed by atoms with E-state index in [0.29, 0.717) is 15.1 Å². The molecule has 0 fully saturated rings. The van der Waals surface area contributed by atoms with E-state index in [9.17, 15) is 24.3 Å². The monoisotopic (exact) mass is 535 g/mol. The quantitative estimate of drug-likeness (QED) is 0.383. The first-order chi connectivity index (χ1) is 16.6. The number of hydrogen-bond donors (Lipinski definition) is 2. The second kappa shape index (κ2) is 11.7. The number of amides is 1. The van der Waals surface area contributed by atoms with Crippen molar-refractivity contribution in [3.05, 3.63) is 99.0 Å². The lowest BCUT2D eigenvalue weighted by atomic mass is 10.1. The zero-order valence-electron chi connectivity index (χ0n) is 17.6. The molecule has 180 valence electrons. The molecule has 2 atom stereocenters. The molecule has 0 aliphatic heterocycles. The first-order valence-electron chi connectivity index (χ1n) is 9.86. The third-order valence-corrected chi connectivity index (χ3v) is 5.24. The third kappa shape index (κ3) is 7.19. The molecule has 11 heteroatoms. The number of benzene rings is 3. The molecule has 0 aliphatic carbocycles. The number of esters is 2. The van der Waals surface area contributed by atoms with Gasteiger partial charge in [-0.05, 0) is 66.7 Å². The van der Waals surface area contributed by atoms with Crippen LogP contribution in [0.15, 0.2) is 72.8 Å². The van der Waals surface area contributed by atoms with Crippen LogP contribution in [0.25, 0.3) is 0 Å². The van der Waals surface area contributed by atoms with Crippen molar-refractivity contribution in [1.29, 1.82) is 0 Å². The van der Waals surface area contributed by atoms with Crippen molar-refractivity contribution >= 4 is 64.3 Å². The van der Waals surface area contributed by atoms with Crippen molar-refractivity contribution < 1.29 is 33.8 Å². The largest absolute Gasteiger partial charge is 0.478 e. The van der Waals surface area contributed by atoms with E-state index in [1.54, 1.807) is 12.1 Å². The fourth-order valence-electron chi connectivity index (χ4n) is 2.81. The standard InChI is InChI=1S/C24H16Cl3NO7/c25-15-8-4-13(5-9-15)23(32)34-19(21(29)28-18-3-1-2-17(27)12-18)20(22(30)31)35-24(33)14-6-10-16(26)11-7-14/h1-12,19-20H,(H,28,29)(H,30,31)/t19-,20+/m1/s1. The minimum Gasteiger partial charge on any atom is -0.478 e. The van der Waals surface area contributed by atoms with Gasteiger partial charge in [0.2, 0.25) is 12.2 Å². The SMILES string of the molecule is O=C(O[C@H](C(=O)O)[C@@H](OC(=O)c1ccc(Cl)cc1)C(=O)Nc1cccc(Cl)c1)c1ccc(Cl)cc1. The molecular weight excluding hydrogens is 521 g/mol. The Labute approximate surface area is 214 Å². The van der Waals surface area contributed by atoms with Crippen molar-refractivity contribution in [3.8, 4) is 0 Å². The average Bonchev–Trinajstić information content (AvgIpc) is 2.81. The van der Waals surface area contributed by atoms with Crippen molar-refractivity contribution in [2.45, 2.75) is 12.2 Å². The fraction of sp³-hybridized carbons (Fsp3) is 0.0833. The molecule has 0 saturated heterocycles. The zero-order valence-corrected chi connectivity index (χ0v) is 19.9. The molecule has 1 amide bonds. The summed E-state index contributed by atoms with van der Waals surface area (Å²) in [6.07, 6.45) is -4.25. The molecule has 0 radical (unpaired) electrons. The zero-order chi connectivity index (χ0) is 25.5. The van der Waals surface area contributed by atoms with Crippen LogP contribution in [0.5, 0.6) is 0 Å². The summed E-state index contributed by atoms with van der Waals surface area (Å²) in [4.78, 5) is 50.3. The van der Waals surface area contributed by atoms with Gasteiger partial charge in [0.05, 0.1) is 11.1 Å². The second-order valence-electron chi connectivity index (χ2n) is 7.00. The number of aliphatic carboxylic acids is 1. The Morgan fingerprint density at radius 3 is 1.63 bits per heavy atom. The summed E-state index contributed by atoms with van der Waals surface area (Å²) in [5.41, 5.74) is 0.157. The number of carboxylic acids is 1. The van der Waals surface area contributed by atoms with E-state index in [0.717, 1.165) is 0 Å². The molecular formula is C24H16Cl3NO7. The summed E-state index contributed by atoms with van der Waals surface area (Å²) in [7, 11) is 0. The Bertz CT molecular complexity index is 1250.